The average molecular weight is 350 g/mol. The molecule has 0 aromatic heterocycles. The van der Waals surface area contributed by atoms with Crippen molar-refractivity contribution in [3.8, 4) is 0 Å². The Labute approximate surface area is 143 Å². The zero-order chi connectivity index (χ0) is 18.7. The van der Waals surface area contributed by atoms with E-state index in [1.807, 2.05) is 0 Å². The molecule has 0 saturated carbocycles. The van der Waals surface area contributed by atoms with Crippen LogP contribution in [-0.4, -0.2) is 53.7 Å². The van der Waals surface area contributed by atoms with Crippen LogP contribution in [0, 0.1) is 10.1 Å². The van der Waals surface area contributed by atoms with Gasteiger partial charge in [0.25, 0.3) is 11.6 Å². The van der Waals surface area contributed by atoms with Crippen molar-refractivity contribution in [2.45, 2.75) is 19.3 Å². The summed E-state index contributed by atoms with van der Waals surface area (Å²) >= 11 is 0. The van der Waals surface area contributed by atoms with Gasteiger partial charge < -0.3 is 19.5 Å². The van der Waals surface area contributed by atoms with E-state index >= 15 is 0 Å². The molecule has 1 aliphatic rings. The summed E-state index contributed by atoms with van der Waals surface area (Å²) in [6.45, 7) is 1.21. The van der Waals surface area contributed by atoms with Gasteiger partial charge in [0.1, 0.15) is 0 Å². The average Bonchev–Trinajstić information content (AvgIpc) is 2.84. The van der Waals surface area contributed by atoms with E-state index in [4.69, 9.17) is 9.47 Å². The zero-order valence-electron chi connectivity index (χ0n) is 14.0. The van der Waals surface area contributed by atoms with Gasteiger partial charge in [-0.3, -0.25) is 19.7 Å². The van der Waals surface area contributed by atoms with E-state index in [-0.39, 0.29) is 17.8 Å². The Kier molecular flexibility index (Phi) is 5.50. The molecule has 1 N–H and O–H groups in total. The van der Waals surface area contributed by atoms with E-state index in [1.165, 1.54) is 50.3 Å². The molecule has 0 fully saturated rings. The molecular formula is C16H18N2O7. The van der Waals surface area contributed by atoms with Crippen molar-refractivity contribution >= 4 is 17.4 Å². The second-order valence-electron chi connectivity index (χ2n) is 5.43. The third-order valence-electron chi connectivity index (χ3n) is 3.97. The van der Waals surface area contributed by atoms with E-state index in [0.29, 0.717) is 5.56 Å². The lowest BCUT2D eigenvalue weighted by atomic mass is 9.96. The summed E-state index contributed by atoms with van der Waals surface area (Å²) < 4.78 is 10.2. The van der Waals surface area contributed by atoms with Crippen molar-refractivity contribution in [1.29, 1.82) is 0 Å². The van der Waals surface area contributed by atoms with E-state index in [9.17, 15) is 24.8 Å². The molecule has 0 saturated heterocycles. The molecule has 25 heavy (non-hydrogen) atoms. The number of aliphatic hydroxyl groups is 1. The van der Waals surface area contributed by atoms with Gasteiger partial charge in [-0.2, -0.15) is 0 Å². The standard InChI is InChI=1S/C16H18N2O7/c1-9(19)13-14(10-4-6-11(7-5-10)18(22)23)17(16(21)15(13)20)8-12(24-2)25-3/h4-7,12,14,20H,8H2,1-3H3/t14-/m1/s1. The topological polar surface area (TPSA) is 119 Å². The van der Waals surface area contributed by atoms with Crippen LogP contribution in [0.2, 0.25) is 0 Å². The minimum atomic E-state index is -0.876. The lowest BCUT2D eigenvalue weighted by Gasteiger charge is -2.29. The van der Waals surface area contributed by atoms with Crippen LogP contribution in [-0.2, 0) is 19.1 Å². The van der Waals surface area contributed by atoms with Crippen molar-refractivity contribution in [2.24, 2.45) is 0 Å². The molecule has 9 heteroatoms. The molecule has 2 rings (SSSR count). The summed E-state index contributed by atoms with van der Waals surface area (Å²) in [5.74, 6) is -1.84. The Morgan fingerprint density at radius 3 is 2.32 bits per heavy atom. The minimum absolute atomic E-state index is 0.0334. The molecular weight excluding hydrogens is 332 g/mol. The molecule has 0 unspecified atom stereocenters. The van der Waals surface area contributed by atoms with Crippen molar-refractivity contribution < 1.29 is 29.1 Å². The third kappa shape index (κ3) is 3.52. The molecule has 0 radical (unpaired) electrons. The van der Waals surface area contributed by atoms with Gasteiger partial charge >= 0.3 is 0 Å². The fourth-order valence-electron chi connectivity index (χ4n) is 2.73. The molecule has 1 atom stereocenters. The number of ether oxygens (including phenoxy) is 2. The summed E-state index contributed by atoms with van der Waals surface area (Å²) in [4.78, 5) is 35.9. The maximum absolute atomic E-state index is 12.4. The second-order valence-corrected chi connectivity index (χ2v) is 5.43. The molecule has 1 heterocycles. The molecule has 1 amide bonds. The number of nitrogens with zero attached hydrogens (tertiary/aromatic N) is 2. The van der Waals surface area contributed by atoms with Crippen LogP contribution in [0.4, 0.5) is 5.69 Å². The van der Waals surface area contributed by atoms with Gasteiger partial charge in [-0.05, 0) is 24.6 Å². The first-order valence-corrected chi connectivity index (χ1v) is 7.36. The van der Waals surface area contributed by atoms with Gasteiger partial charge in [-0.25, -0.2) is 0 Å². The number of methoxy groups -OCH3 is 2. The SMILES string of the molecule is COC(CN1C(=O)C(O)=C(C(C)=O)[C@H]1c1ccc([N+](=O)[O-])cc1)OC. The molecule has 9 nitrogen and oxygen atoms in total. The summed E-state index contributed by atoms with van der Waals surface area (Å²) in [5.41, 5.74) is 0.271. The highest BCUT2D eigenvalue weighted by Crippen LogP contribution is 2.38. The van der Waals surface area contributed by atoms with Gasteiger partial charge in [0.15, 0.2) is 17.8 Å². The van der Waals surface area contributed by atoms with Gasteiger partial charge in [0.05, 0.1) is 23.1 Å². The number of nitro benzene ring substituents is 1. The largest absolute Gasteiger partial charge is 0.503 e. The van der Waals surface area contributed by atoms with Gasteiger partial charge in [-0.1, -0.05) is 0 Å². The quantitative estimate of drug-likeness (QED) is 0.449. The lowest BCUT2D eigenvalue weighted by Crippen LogP contribution is -2.38. The first kappa shape index (κ1) is 18.6. The van der Waals surface area contributed by atoms with Crippen LogP contribution >= 0.6 is 0 Å². The fraction of sp³-hybridized carbons (Fsp3) is 0.375. The molecule has 0 spiro atoms. The maximum atomic E-state index is 12.4. The number of nitro groups is 1. The molecule has 1 aromatic carbocycles. The number of aliphatic hydroxyl groups excluding tert-OH is 1. The lowest BCUT2D eigenvalue weighted by molar-refractivity contribution is -0.384. The number of carbonyl (C=O) groups is 2. The fourth-order valence-corrected chi connectivity index (χ4v) is 2.73. The Hall–Kier alpha value is -2.78. The van der Waals surface area contributed by atoms with Crippen molar-refractivity contribution in [3.05, 3.63) is 51.3 Å². The first-order chi connectivity index (χ1) is 11.8. The van der Waals surface area contributed by atoms with Crippen LogP contribution < -0.4 is 0 Å². The van der Waals surface area contributed by atoms with E-state index < -0.39 is 34.7 Å². The van der Waals surface area contributed by atoms with Crippen LogP contribution in [0.25, 0.3) is 0 Å². The normalized spacial score (nSPS) is 17.5. The Bertz CT molecular complexity index is 723. The third-order valence-corrected chi connectivity index (χ3v) is 3.97. The summed E-state index contributed by atoms with van der Waals surface area (Å²) in [7, 11) is 2.80. The predicted octanol–water partition coefficient (Wildman–Crippen LogP) is 1.50. The number of hydrogen-bond donors (Lipinski definition) is 1. The number of rotatable bonds is 7. The van der Waals surface area contributed by atoms with Crippen molar-refractivity contribution in [3.63, 3.8) is 0 Å². The number of hydrogen-bond acceptors (Lipinski definition) is 7. The summed E-state index contributed by atoms with van der Waals surface area (Å²) in [6, 6.07) is 4.56. The number of Topliss-reactive ketones (excluding diaryl/α,β-unsaturated/α-hetero) is 1. The molecule has 0 bridgehead atoms. The maximum Gasteiger partial charge on any atom is 0.290 e. The number of non-ortho nitro benzene ring substituents is 1. The summed E-state index contributed by atoms with van der Waals surface area (Å²) in [6.07, 6.45) is -0.761. The van der Waals surface area contributed by atoms with Crippen molar-refractivity contribution in [1.82, 2.24) is 4.90 Å². The highest BCUT2D eigenvalue weighted by Gasteiger charge is 2.43. The van der Waals surface area contributed by atoms with Crippen molar-refractivity contribution in [2.75, 3.05) is 20.8 Å². The van der Waals surface area contributed by atoms with E-state index in [0.717, 1.165) is 0 Å². The van der Waals surface area contributed by atoms with Crippen LogP contribution in [0.5, 0.6) is 0 Å². The second kappa shape index (κ2) is 7.41. The minimum Gasteiger partial charge on any atom is -0.503 e. The van der Waals surface area contributed by atoms with Gasteiger partial charge in [-0.15, -0.1) is 0 Å². The number of ketones is 1. The molecule has 1 aliphatic heterocycles. The number of amides is 1. The molecule has 0 aliphatic carbocycles. The molecule has 1 aromatic rings. The van der Waals surface area contributed by atoms with Crippen LogP contribution in [0.3, 0.4) is 0 Å². The van der Waals surface area contributed by atoms with Gasteiger partial charge in [0.2, 0.25) is 0 Å². The highest BCUT2D eigenvalue weighted by atomic mass is 16.7. The predicted molar refractivity (Wildman–Crippen MR) is 85.7 cm³/mol. The van der Waals surface area contributed by atoms with Gasteiger partial charge in [0, 0.05) is 26.4 Å². The summed E-state index contributed by atoms with van der Waals surface area (Å²) in [5, 5.41) is 20.9. The highest BCUT2D eigenvalue weighted by molar-refractivity contribution is 6.08. The smallest absolute Gasteiger partial charge is 0.290 e. The van der Waals surface area contributed by atoms with Crippen LogP contribution in [0.15, 0.2) is 35.6 Å². The van der Waals surface area contributed by atoms with Crippen LogP contribution in [0.1, 0.15) is 18.5 Å². The van der Waals surface area contributed by atoms with E-state index in [2.05, 4.69) is 0 Å². The Balaban J connectivity index is 2.47. The zero-order valence-corrected chi connectivity index (χ0v) is 14.0. The number of carbonyl (C=O) groups excluding carboxylic acids is 2. The Morgan fingerprint density at radius 2 is 1.88 bits per heavy atom. The molecule has 134 valence electrons. The van der Waals surface area contributed by atoms with E-state index in [1.54, 1.807) is 0 Å². The number of benzene rings is 1. The Morgan fingerprint density at radius 1 is 1.32 bits per heavy atom. The first-order valence-electron chi connectivity index (χ1n) is 7.36. The monoisotopic (exact) mass is 350 g/mol.